The van der Waals surface area contributed by atoms with Gasteiger partial charge in [0.05, 0.1) is 20.8 Å². The monoisotopic (exact) mass is 397 g/mol. The SMILES string of the molecule is COc1ccc(/C=C/C(=O)OCCNC(=O)CCc2ccc(C)cc2)c(OC)c1. The minimum atomic E-state index is -0.489. The van der Waals surface area contributed by atoms with Crippen LogP contribution in [0.1, 0.15) is 23.1 Å². The molecule has 0 aliphatic rings. The number of esters is 1. The molecule has 6 heteroatoms. The van der Waals surface area contributed by atoms with Crippen molar-refractivity contribution in [3.05, 3.63) is 65.2 Å². The van der Waals surface area contributed by atoms with E-state index in [1.165, 1.54) is 11.6 Å². The van der Waals surface area contributed by atoms with Crippen LogP contribution in [0.25, 0.3) is 6.08 Å². The number of methoxy groups -OCH3 is 2. The second kappa shape index (κ2) is 11.5. The highest BCUT2D eigenvalue weighted by Gasteiger charge is 2.05. The molecule has 0 fully saturated rings. The summed E-state index contributed by atoms with van der Waals surface area (Å²) in [4.78, 5) is 23.7. The van der Waals surface area contributed by atoms with Gasteiger partial charge in [-0.3, -0.25) is 4.79 Å². The molecule has 0 unspecified atom stereocenters. The van der Waals surface area contributed by atoms with E-state index in [0.29, 0.717) is 24.3 Å². The third-order valence-corrected chi connectivity index (χ3v) is 4.27. The van der Waals surface area contributed by atoms with E-state index < -0.39 is 5.97 Å². The Morgan fingerprint density at radius 3 is 2.48 bits per heavy atom. The number of amides is 1. The second-order valence-electron chi connectivity index (χ2n) is 6.44. The van der Waals surface area contributed by atoms with Gasteiger partial charge in [-0.25, -0.2) is 4.79 Å². The van der Waals surface area contributed by atoms with E-state index in [1.54, 1.807) is 38.5 Å². The highest BCUT2D eigenvalue weighted by Crippen LogP contribution is 2.25. The van der Waals surface area contributed by atoms with Gasteiger partial charge in [0, 0.05) is 24.1 Å². The summed E-state index contributed by atoms with van der Waals surface area (Å²) < 4.78 is 15.5. The standard InChI is InChI=1S/C23H27NO5/c1-17-4-6-18(7-5-17)8-12-22(25)24-14-15-29-23(26)13-10-19-9-11-20(27-2)16-21(19)28-3/h4-7,9-11,13,16H,8,12,14-15H2,1-3H3,(H,24,25)/b13-10+. The van der Waals surface area contributed by atoms with Gasteiger partial charge in [-0.05, 0) is 37.1 Å². The lowest BCUT2D eigenvalue weighted by Crippen LogP contribution is -2.28. The van der Waals surface area contributed by atoms with Crippen LogP contribution in [0.2, 0.25) is 0 Å². The Morgan fingerprint density at radius 1 is 1.03 bits per heavy atom. The van der Waals surface area contributed by atoms with Gasteiger partial charge in [-0.15, -0.1) is 0 Å². The number of nitrogens with one attached hydrogen (secondary N) is 1. The quantitative estimate of drug-likeness (QED) is 0.378. The van der Waals surface area contributed by atoms with Gasteiger partial charge >= 0.3 is 5.97 Å². The Bertz CT molecular complexity index is 843. The second-order valence-corrected chi connectivity index (χ2v) is 6.44. The molecular weight excluding hydrogens is 370 g/mol. The van der Waals surface area contributed by atoms with Crippen LogP contribution >= 0.6 is 0 Å². The van der Waals surface area contributed by atoms with Gasteiger partial charge in [0.15, 0.2) is 0 Å². The maximum absolute atomic E-state index is 11.9. The Hall–Kier alpha value is -3.28. The molecule has 0 aliphatic heterocycles. The van der Waals surface area contributed by atoms with Crippen molar-refractivity contribution in [2.75, 3.05) is 27.4 Å². The number of ether oxygens (including phenoxy) is 3. The van der Waals surface area contributed by atoms with Crippen LogP contribution in [0.5, 0.6) is 11.5 Å². The molecule has 2 rings (SSSR count). The average molecular weight is 397 g/mol. The number of hydrogen-bond donors (Lipinski definition) is 1. The smallest absolute Gasteiger partial charge is 0.330 e. The first-order chi connectivity index (χ1) is 14.0. The molecule has 0 heterocycles. The maximum atomic E-state index is 11.9. The number of hydrogen-bond acceptors (Lipinski definition) is 5. The Labute approximate surface area is 171 Å². The van der Waals surface area contributed by atoms with E-state index in [1.807, 2.05) is 31.2 Å². The van der Waals surface area contributed by atoms with Crippen molar-refractivity contribution < 1.29 is 23.8 Å². The molecule has 1 amide bonds. The van der Waals surface area contributed by atoms with Crippen LogP contribution in [0.15, 0.2) is 48.5 Å². The summed E-state index contributed by atoms with van der Waals surface area (Å²) >= 11 is 0. The summed E-state index contributed by atoms with van der Waals surface area (Å²) in [6.45, 7) is 2.41. The number of benzene rings is 2. The Kier molecular flexibility index (Phi) is 8.76. The topological polar surface area (TPSA) is 73.9 Å². The third-order valence-electron chi connectivity index (χ3n) is 4.27. The lowest BCUT2D eigenvalue weighted by Gasteiger charge is -2.07. The molecule has 0 radical (unpaired) electrons. The van der Waals surface area contributed by atoms with Crippen molar-refractivity contribution in [1.29, 1.82) is 0 Å². The molecule has 0 saturated heterocycles. The molecule has 0 bridgehead atoms. The fourth-order valence-electron chi connectivity index (χ4n) is 2.61. The molecule has 1 N–H and O–H groups in total. The van der Waals surface area contributed by atoms with E-state index in [2.05, 4.69) is 5.32 Å². The van der Waals surface area contributed by atoms with E-state index in [4.69, 9.17) is 14.2 Å². The Balaban J connectivity index is 1.68. The fraction of sp³-hybridized carbons (Fsp3) is 0.304. The first kappa shape index (κ1) is 22.0. The van der Waals surface area contributed by atoms with Crippen LogP contribution in [0.4, 0.5) is 0 Å². The average Bonchev–Trinajstić information content (AvgIpc) is 2.74. The highest BCUT2D eigenvalue weighted by molar-refractivity contribution is 5.87. The molecule has 0 spiro atoms. The first-order valence-electron chi connectivity index (χ1n) is 9.41. The van der Waals surface area contributed by atoms with Crippen molar-refractivity contribution in [2.45, 2.75) is 19.8 Å². The van der Waals surface area contributed by atoms with Gasteiger partial charge in [0.2, 0.25) is 5.91 Å². The van der Waals surface area contributed by atoms with E-state index in [0.717, 1.165) is 11.1 Å². The summed E-state index contributed by atoms with van der Waals surface area (Å²) in [6, 6.07) is 13.4. The van der Waals surface area contributed by atoms with E-state index in [9.17, 15) is 9.59 Å². The first-order valence-corrected chi connectivity index (χ1v) is 9.41. The summed E-state index contributed by atoms with van der Waals surface area (Å²) in [5, 5.41) is 2.75. The predicted octanol–water partition coefficient (Wildman–Crippen LogP) is 3.32. The lowest BCUT2D eigenvalue weighted by atomic mass is 10.1. The molecule has 29 heavy (non-hydrogen) atoms. The number of carbonyl (C=O) groups excluding carboxylic acids is 2. The Morgan fingerprint density at radius 2 is 1.79 bits per heavy atom. The van der Waals surface area contributed by atoms with Gasteiger partial charge in [0.25, 0.3) is 0 Å². The number of aryl methyl sites for hydroxylation is 2. The zero-order valence-electron chi connectivity index (χ0n) is 17.1. The van der Waals surface area contributed by atoms with Crippen LogP contribution in [0.3, 0.4) is 0 Å². The van der Waals surface area contributed by atoms with Crippen molar-refractivity contribution in [3.63, 3.8) is 0 Å². The normalized spacial score (nSPS) is 10.6. The third kappa shape index (κ3) is 7.70. The molecule has 2 aromatic rings. The summed E-state index contributed by atoms with van der Waals surface area (Å²) in [7, 11) is 3.12. The molecule has 6 nitrogen and oxygen atoms in total. The summed E-state index contributed by atoms with van der Waals surface area (Å²) in [6.07, 6.45) is 4.01. The predicted molar refractivity (Wildman–Crippen MR) is 112 cm³/mol. The van der Waals surface area contributed by atoms with Gasteiger partial charge < -0.3 is 19.5 Å². The maximum Gasteiger partial charge on any atom is 0.330 e. The fourth-order valence-corrected chi connectivity index (χ4v) is 2.61. The lowest BCUT2D eigenvalue weighted by molar-refractivity contribution is -0.138. The zero-order valence-corrected chi connectivity index (χ0v) is 17.1. The number of carbonyl (C=O) groups is 2. The molecule has 2 aromatic carbocycles. The molecule has 0 aromatic heterocycles. The molecule has 0 atom stereocenters. The van der Waals surface area contributed by atoms with Crippen molar-refractivity contribution in [2.24, 2.45) is 0 Å². The van der Waals surface area contributed by atoms with E-state index in [-0.39, 0.29) is 19.1 Å². The van der Waals surface area contributed by atoms with Gasteiger partial charge in [-0.2, -0.15) is 0 Å². The van der Waals surface area contributed by atoms with Gasteiger partial charge in [-0.1, -0.05) is 29.8 Å². The van der Waals surface area contributed by atoms with Gasteiger partial charge in [0.1, 0.15) is 18.1 Å². The van der Waals surface area contributed by atoms with Crippen molar-refractivity contribution in [3.8, 4) is 11.5 Å². The van der Waals surface area contributed by atoms with E-state index >= 15 is 0 Å². The van der Waals surface area contributed by atoms with Crippen molar-refractivity contribution in [1.82, 2.24) is 5.32 Å². The van der Waals surface area contributed by atoms with Crippen molar-refractivity contribution >= 4 is 18.0 Å². The molecule has 0 saturated carbocycles. The minimum Gasteiger partial charge on any atom is -0.497 e. The summed E-state index contributed by atoms with van der Waals surface area (Å²) in [5.41, 5.74) is 3.05. The molecule has 154 valence electrons. The van der Waals surface area contributed by atoms with Crippen LogP contribution < -0.4 is 14.8 Å². The highest BCUT2D eigenvalue weighted by atomic mass is 16.5. The number of rotatable bonds is 10. The minimum absolute atomic E-state index is 0.0693. The summed E-state index contributed by atoms with van der Waals surface area (Å²) in [5.74, 6) is 0.700. The van der Waals surface area contributed by atoms with Crippen LogP contribution in [-0.4, -0.2) is 39.2 Å². The largest absolute Gasteiger partial charge is 0.497 e. The van der Waals surface area contributed by atoms with Crippen LogP contribution in [0, 0.1) is 6.92 Å². The van der Waals surface area contributed by atoms with Crippen LogP contribution in [-0.2, 0) is 20.7 Å². The molecular formula is C23H27NO5. The molecule has 0 aliphatic carbocycles. The zero-order chi connectivity index (χ0) is 21.1.